The van der Waals surface area contributed by atoms with Gasteiger partial charge in [-0.05, 0) is 34.4 Å². The lowest BCUT2D eigenvalue weighted by Crippen LogP contribution is -2.32. The number of thiophene rings is 1. The molecule has 0 bridgehead atoms. The third-order valence-electron chi connectivity index (χ3n) is 5.91. The maximum Gasteiger partial charge on any atom is 0.282 e. The molecule has 158 valence electrons. The Morgan fingerprint density at radius 3 is 2.06 bits per heavy atom. The van der Waals surface area contributed by atoms with Crippen molar-refractivity contribution in [2.75, 3.05) is 10.2 Å². The number of hydrogen-bond acceptors (Lipinski definition) is 4. The van der Waals surface area contributed by atoms with Crippen molar-refractivity contribution in [3.63, 3.8) is 0 Å². The second kappa shape index (κ2) is 7.73. The molecule has 0 saturated carbocycles. The zero-order valence-corrected chi connectivity index (χ0v) is 18.3. The van der Waals surface area contributed by atoms with Crippen LogP contribution in [-0.4, -0.2) is 11.8 Å². The minimum Gasteiger partial charge on any atom is -0.350 e. The van der Waals surface area contributed by atoms with Crippen LogP contribution in [0.2, 0.25) is 0 Å². The van der Waals surface area contributed by atoms with Crippen molar-refractivity contribution in [3.8, 4) is 0 Å². The van der Waals surface area contributed by atoms with Crippen LogP contribution in [0.25, 0.3) is 27.1 Å². The van der Waals surface area contributed by atoms with Crippen molar-refractivity contribution < 1.29 is 9.59 Å². The van der Waals surface area contributed by atoms with E-state index >= 15 is 0 Å². The predicted octanol–water partition coefficient (Wildman–Crippen LogP) is 6.45. The van der Waals surface area contributed by atoms with Gasteiger partial charge in [0.25, 0.3) is 11.8 Å². The Morgan fingerprint density at radius 2 is 1.30 bits per heavy atom. The molecule has 0 radical (unpaired) electrons. The highest BCUT2D eigenvalue weighted by Gasteiger charge is 2.41. The zero-order chi connectivity index (χ0) is 22.4. The molecular weight excluding hydrogens is 428 g/mol. The first-order valence-corrected chi connectivity index (χ1v) is 11.5. The van der Waals surface area contributed by atoms with Gasteiger partial charge in [0.2, 0.25) is 0 Å². The smallest absolute Gasteiger partial charge is 0.282 e. The van der Waals surface area contributed by atoms with E-state index in [1.807, 2.05) is 102 Å². The lowest BCUT2D eigenvalue weighted by Gasteiger charge is -2.18. The predicted molar refractivity (Wildman–Crippen MR) is 135 cm³/mol. The van der Waals surface area contributed by atoms with E-state index in [-0.39, 0.29) is 11.8 Å². The number of anilines is 2. The van der Waals surface area contributed by atoms with E-state index in [0.29, 0.717) is 17.0 Å². The van der Waals surface area contributed by atoms with Gasteiger partial charge < -0.3 is 5.32 Å². The van der Waals surface area contributed by atoms with Crippen LogP contribution < -0.4 is 10.2 Å². The Morgan fingerprint density at radius 1 is 0.636 bits per heavy atom. The molecule has 33 heavy (non-hydrogen) atoms. The summed E-state index contributed by atoms with van der Waals surface area (Å²) in [6.45, 7) is 0. The molecule has 1 aliphatic rings. The summed E-state index contributed by atoms with van der Waals surface area (Å²) >= 11 is 1.45. The second-order valence-corrected chi connectivity index (χ2v) is 8.77. The van der Waals surface area contributed by atoms with E-state index in [9.17, 15) is 9.59 Å². The van der Waals surface area contributed by atoms with Crippen LogP contribution in [0, 0.1) is 0 Å². The van der Waals surface area contributed by atoms with Gasteiger partial charge >= 0.3 is 0 Å². The number of imide groups is 1. The van der Waals surface area contributed by atoms with Gasteiger partial charge in [-0.15, -0.1) is 11.3 Å². The number of fused-ring (bicyclic) bond motifs is 2. The highest BCUT2D eigenvalue weighted by Crippen LogP contribution is 2.38. The molecule has 2 heterocycles. The number of hydrogen-bond donors (Lipinski definition) is 1. The Labute approximate surface area is 194 Å². The summed E-state index contributed by atoms with van der Waals surface area (Å²) < 4.78 is 0. The van der Waals surface area contributed by atoms with Crippen LogP contribution in [0.1, 0.15) is 4.88 Å². The number of nitrogens with one attached hydrogen (secondary N) is 1. The highest BCUT2D eigenvalue weighted by atomic mass is 32.1. The average molecular weight is 447 g/mol. The zero-order valence-electron chi connectivity index (χ0n) is 17.5. The normalized spacial score (nSPS) is 14.0. The van der Waals surface area contributed by atoms with Crippen LogP contribution in [0.15, 0.2) is 108 Å². The quantitative estimate of drug-likeness (QED) is 0.323. The van der Waals surface area contributed by atoms with Gasteiger partial charge in [0.1, 0.15) is 5.70 Å². The first-order chi connectivity index (χ1) is 16.2. The molecule has 0 atom stereocenters. The summed E-state index contributed by atoms with van der Waals surface area (Å²) in [7, 11) is 0. The number of benzene rings is 4. The molecule has 0 unspecified atom stereocenters. The standard InChI is InChI=1S/C28H18N2O2S/c31-27-25(24-16-7-17-33-24)26(29-22-14-5-10-18-8-1-3-12-20(18)22)28(32)30(27)23-15-6-11-19-9-2-4-13-21(19)23/h1-17,29H. The van der Waals surface area contributed by atoms with Gasteiger partial charge in [-0.2, -0.15) is 0 Å². The maximum atomic E-state index is 13.8. The molecule has 0 spiro atoms. The van der Waals surface area contributed by atoms with Crippen molar-refractivity contribution >= 4 is 61.6 Å². The molecule has 2 amide bonds. The van der Waals surface area contributed by atoms with Crippen molar-refractivity contribution in [1.29, 1.82) is 0 Å². The van der Waals surface area contributed by atoms with Crippen LogP contribution in [0.3, 0.4) is 0 Å². The van der Waals surface area contributed by atoms with Crippen molar-refractivity contribution in [2.24, 2.45) is 0 Å². The summed E-state index contributed by atoms with van der Waals surface area (Å²) in [4.78, 5) is 29.6. The fourth-order valence-electron chi connectivity index (χ4n) is 4.39. The SMILES string of the molecule is O=C1C(Nc2cccc3ccccc23)=C(c2cccs2)C(=O)N1c1cccc2ccccc12. The van der Waals surface area contributed by atoms with Crippen LogP contribution >= 0.6 is 11.3 Å². The van der Waals surface area contributed by atoms with Crippen molar-refractivity contribution in [1.82, 2.24) is 0 Å². The average Bonchev–Trinajstić information content (AvgIpc) is 3.46. The molecule has 1 aliphatic heterocycles. The van der Waals surface area contributed by atoms with E-state index in [4.69, 9.17) is 0 Å². The molecule has 0 aliphatic carbocycles. The van der Waals surface area contributed by atoms with Crippen LogP contribution in [0.4, 0.5) is 11.4 Å². The minimum absolute atomic E-state index is 0.298. The summed E-state index contributed by atoms with van der Waals surface area (Å²) in [5, 5.41) is 9.12. The molecule has 5 aromatic rings. The van der Waals surface area contributed by atoms with Gasteiger partial charge in [0.15, 0.2) is 0 Å². The Balaban J connectivity index is 1.52. The van der Waals surface area contributed by atoms with E-state index in [1.54, 1.807) is 0 Å². The molecule has 0 fully saturated rings. The Hall–Kier alpha value is -4.22. The van der Waals surface area contributed by atoms with Gasteiger partial charge in [0.05, 0.1) is 11.3 Å². The largest absolute Gasteiger partial charge is 0.350 e. The Bertz CT molecular complexity index is 1570. The summed E-state index contributed by atoms with van der Waals surface area (Å²) in [6.07, 6.45) is 0. The van der Waals surface area contributed by atoms with E-state index in [1.165, 1.54) is 16.2 Å². The third-order valence-corrected chi connectivity index (χ3v) is 6.80. The molecule has 4 aromatic carbocycles. The van der Waals surface area contributed by atoms with Crippen LogP contribution in [-0.2, 0) is 9.59 Å². The number of rotatable bonds is 4. The monoisotopic (exact) mass is 446 g/mol. The third kappa shape index (κ3) is 3.13. The maximum absolute atomic E-state index is 13.8. The van der Waals surface area contributed by atoms with E-state index < -0.39 is 0 Å². The second-order valence-electron chi connectivity index (χ2n) is 7.82. The van der Waals surface area contributed by atoms with Gasteiger partial charge in [-0.3, -0.25) is 9.59 Å². The molecule has 4 nitrogen and oxygen atoms in total. The molecular formula is C28H18N2O2S. The van der Waals surface area contributed by atoms with E-state index in [0.717, 1.165) is 32.1 Å². The molecule has 1 N–H and O–H groups in total. The Kier molecular flexibility index (Phi) is 4.56. The summed E-state index contributed by atoms with van der Waals surface area (Å²) in [5.41, 5.74) is 2.08. The first kappa shape index (κ1) is 19.5. The minimum atomic E-state index is -0.354. The highest BCUT2D eigenvalue weighted by molar-refractivity contribution is 7.11. The van der Waals surface area contributed by atoms with Gasteiger partial charge in [-0.1, -0.05) is 78.9 Å². The first-order valence-electron chi connectivity index (χ1n) is 10.6. The topological polar surface area (TPSA) is 49.4 Å². The van der Waals surface area contributed by atoms with Crippen molar-refractivity contribution in [3.05, 3.63) is 113 Å². The molecule has 0 saturated heterocycles. The number of amides is 2. The van der Waals surface area contributed by atoms with Crippen LogP contribution in [0.5, 0.6) is 0 Å². The lowest BCUT2D eigenvalue weighted by molar-refractivity contribution is -0.120. The van der Waals surface area contributed by atoms with Crippen molar-refractivity contribution in [2.45, 2.75) is 0 Å². The number of carbonyl (C=O) groups excluding carboxylic acids is 2. The van der Waals surface area contributed by atoms with Gasteiger partial charge in [-0.25, -0.2) is 4.90 Å². The van der Waals surface area contributed by atoms with E-state index in [2.05, 4.69) is 5.32 Å². The molecule has 5 heteroatoms. The molecule has 6 rings (SSSR count). The summed E-state index contributed by atoms with van der Waals surface area (Å²) in [5.74, 6) is -0.672. The molecule has 1 aromatic heterocycles. The van der Waals surface area contributed by atoms with Gasteiger partial charge in [0, 0.05) is 21.3 Å². The number of nitrogens with zero attached hydrogens (tertiary/aromatic N) is 1. The summed E-state index contributed by atoms with van der Waals surface area (Å²) in [6, 6.07) is 31.1. The lowest BCUT2D eigenvalue weighted by atomic mass is 10.1. The number of carbonyl (C=O) groups is 2. The fourth-order valence-corrected chi connectivity index (χ4v) is 5.15. The fraction of sp³-hybridized carbons (Fsp3) is 0.